The normalized spacial score (nSPS) is 19.2. The molecule has 5 nitrogen and oxygen atoms in total. The van der Waals surface area contributed by atoms with Gasteiger partial charge in [-0.25, -0.2) is 5.01 Å². The number of nitrogens with one attached hydrogen (secondary N) is 1. The molecule has 2 aliphatic rings. The fraction of sp³-hybridized carbons (Fsp3) is 0.438. The Labute approximate surface area is 134 Å². The molecule has 0 atom stereocenters. The van der Waals surface area contributed by atoms with Gasteiger partial charge in [0.05, 0.1) is 5.69 Å². The highest BCUT2D eigenvalue weighted by molar-refractivity contribution is 6.40. The summed E-state index contributed by atoms with van der Waals surface area (Å²) in [5, 5.41) is 9.15. The average Bonchev–Trinajstić information content (AvgIpc) is 3.01. The van der Waals surface area contributed by atoms with Gasteiger partial charge in [-0.3, -0.25) is 9.59 Å². The van der Waals surface area contributed by atoms with E-state index >= 15 is 0 Å². The monoisotopic (exact) mass is 319 g/mol. The van der Waals surface area contributed by atoms with Gasteiger partial charge in [-0.05, 0) is 37.1 Å². The summed E-state index contributed by atoms with van der Waals surface area (Å²) in [4.78, 5) is 24.3. The van der Waals surface area contributed by atoms with Crippen LogP contribution < -0.4 is 10.3 Å². The highest BCUT2D eigenvalue weighted by Crippen LogP contribution is 2.23. The van der Waals surface area contributed by atoms with E-state index in [-0.39, 0.29) is 17.9 Å². The molecule has 1 heterocycles. The number of hydrazone groups is 1. The number of anilines is 1. The highest BCUT2D eigenvalue weighted by Gasteiger charge is 2.27. The minimum absolute atomic E-state index is 0.111. The molecule has 0 unspecified atom stereocenters. The number of hydrogen-bond donors (Lipinski definition) is 1. The topological polar surface area (TPSA) is 61.8 Å². The van der Waals surface area contributed by atoms with Crippen molar-refractivity contribution in [2.75, 3.05) is 5.01 Å². The van der Waals surface area contributed by atoms with Crippen molar-refractivity contribution in [2.45, 2.75) is 44.6 Å². The molecule has 3 rings (SSSR count). The fourth-order valence-corrected chi connectivity index (χ4v) is 2.97. The van der Waals surface area contributed by atoms with Gasteiger partial charge in [0, 0.05) is 23.9 Å². The van der Waals surface area contributed by atoms with Gasteiger partial charge in [0.15, 0.2) is 0 Å². The lowest BCUT2D eigenvalue weighted by atomic mass is 10.1. The third-order valence-corrected chi connectivity index (χ3v) is 4.31. The summed E-state index contributed by atoms with van der Waals surface area (Å²) in [6.07, 6.45) is 5.05. The zero-order valence-corrected chi connectivity index (χ0v) is 13.0. The van der Waals surface area contributed by atoms with Crippen LogP contribution in [0.1, 0.15) is 38.5 Å². The Kier molecular flexibility index (Phi) is 4.43. The molecule has 0 radical (unpaired) electrons. The van der Waals surface area contributed by atoms with Crippen LogP contribution in [0.15, 0.2) is 29.4 Å². The van der Waals surface area contributed by atoms with E-state index in [2.05, 4.69) is 10.4 Å². The van der Waals surface area contributed by atoms with Crippen LogP contribution in [0.3, 0.4) is 0 Å². The van der Waals surface area contributed by atoms with E-state index in [9.17, 15) is 9.59 Å². The molecule has 6 heteroatoms. The molecule has 1 aromatic rings. The zero-order valence-electron chi connectivity index (χ0n) is 12.2. The van der Waals surface area contributed by atoms with Crippen LogP contribution >= 0.6 is 11.6 Å². The van der Waals surface area contributed by atoms with Crippen LogP contribution in [0.2, 0.25) is 5.02 Å². The number of halogens is 1. The van der Waals surface area contributed by atoms with Crippen molar-refractivity contribution in [1.82, 2.24) is 5.32 Å². The van der Waals surface area contributed by atoms with Crippen LogP contribution in [0, 0.1) is 0 Å². The maximum absolute atomic E-state index is 12.3. The third kappa shape index (κ3) is 3.30. The van der Waals surface area contributed by atoms with Crippen molar-refractivity contribution in [3.8, 4) is 0 Å². The van der Waals surface area contributed by atoms with Crippen LogP contribution in [-0.2, 0) is 9.59 Å². The number of carbonyl (C=O) groups is 2. The van der Waals surface area contributed by atoms with Gasteiger partial charge in [0.2, 0.25) is 5.91 Å². The first-order valence-electron chi connectivity index (χ1n) is 7.60. The standard InChI is InChI=1S/C16H18ClN3O2/c17-11-5-7-13(8-6-11)20-15(21)10-9-14(19-20)16(22)18-12-3-1-2-4-12/h5-8,12H,1-4,9-10H2,(H,18,22). The van der Waals surface area contributed by atoms with Gasteiger partial charge in [0.25, 0.3) is 5.91 Å². The first-order chi connectivity index (χ1) is 10.6. The maximum Gasteiger partial charge on any atom is 0.267 e. The van der Waals surface area contributed by atoms with Crippen molar-refractivity contribution in [2.24, 2.45) is 5.10 Å². The van der Waals surface area contributed by atoms with Crippen LogP contribution in [0.5, 0.6) is 0 Å². The highest BCUT2D eigenvalue weighted by atomic mass is 35.5. The summed E-state index contributed by atoms with van der Waals surface area (Å²) >= 11 is 5.86. The molecule has 1 aromatic carbocycles. The number of amides is 2. The van der Waals surface area contributed by atoms with Crippen molar-refractivity contribution in [3.05, 3.63) is 29.3 Å². The predicted molar refractivity (Wildman–Crippen MR) is 86.0 cm³/mol. The van der Waals surface area contributed by atoms with Crippen LogP contribution in [-0.4, -0.2) is 23.6 Å². The van der Waals surface area contributed by atoms with E-state index in [1.54, 1.807) is 24.3 Å². The van der Waals surface area contributed by atoms with Crippen molar-refractivity contribution in [3.63, 3.8) is 0 Å². The minimum Gasteiger partial charge on any atom is -0.348 e. The van der Waals surface area contributed by atoms with Gasteiger partial charge in [-0.2, -0.15) is 5.10 Å². The molecule has 2 amide bonds. The van der Waals surface area contributed by atoms with Gasteiger partial charge in [0.1, 0.15) is 5.71 Å². The van der Waals surface area contributed by atoms with Crippen LogP contribution in [0.4, 0.5) is 5.69 Å². The smallest absolute Gasteiger partial charge is 0.267 e. The maximum atomic E-state index is 12.3. The van der Waals surface area contributed by atoms with E-state index in [0.717, 1.165) is 25.7 Å². The second kappa shape index (κ2) is 6.48. The van der Waals surface area contributed by atoms with Crippen molar-refractivity contribution < 1.29 is 9.59 Å². The van der Waals surface area contributed by atoms with E-state index in [1.807, 2.05) is 0 Å². The lowest BCUT2D eigenvalue weighted by molar-refractivity contribution is -0.119. The summed E-state index contributed by atoms with van der Waals surface area (Å²) in [7, 11) is 0. The molecule has 22 heavy (non-hydrogen) atoms. The second-order valence-electron chi connectivity index (χ2n) is 5.68. The number of carbonyl (C=O) groups excluding carboxylic acids is 2. The Morgan fingerprint density at radius 1 is 1.18 bits per heavy atom. The first kappa shape index (κ1) is 15.0. The lowest BCUT2D eigenvalue weighted by Gasteiger charge is -2.23. The zero-order chi connectivity index (χ0) is 15.5. The number of rotatable bonds is 3. The van der Waals surface area contributed by atoms with Gasteiger partial charge < -0.3 is 5.32 Å². The molecule has 0 saturated heterocycles. The lowest BCUT2D eigenvalue weighted by Crippen LogP contribution is -2.42. The Hall–Kier alpha value is -1.88. The van der Waals surface area contributed by atoms with E-state index in [4.69, 9.17) is 11.6 Å². The van der Waals surface area contributed by atoms with Crippen LogP contribution in [0.25, 0.3) is 0 Å². The van der Waals surface area contributed by atoms with Gasteiger partial charge in [-0.1, -0.05) is 24.4 Å². The molecule has 1 aliphatic carbocycles. The Morgan fingerprint density at radius 3 is 2.55 bits per heavy atom. The predicted octanol–water partition coefficient (Wildman–Crippen LogP) is 2.88. The Bertz CT molecular complexity index is 606. The fourth-order valence-electron chi connectivity index (χ4n) is 2.84. The van der Waals surface area contributed by atoms with Crippen molar-refractivity contribution in [1.29, 1.82) is 0 Å². The van der Waals surface area contributed by atoms with Gasteiger partial charge >= 0.3 is 0 Å². The summed E-state index contributed by atoms with van der Waals surface area (Å²) < 4.78 is 0. The summed E-state index contributed by atoms with van der Waals surface area (Å²) in [6, 6.07) is 7.10. The van der Waals surface area contributed by atoms with E-state index in [0.29, 0.717) is 29.3 Å². The Balaban J connectivity index is 1.76. The molecule has 1 saturated carbocycles. The summed E-state index contributed by atoms with van der Waals surface area (Å²) in [6.45, 7) is 0. The molecule has 0 bridgehead atoms. The average molecular weight is 320 g/mol. The molecule has 1 N–H and O–H groups in total. The molecule has 0 aromatic heterocycles. The minimum atomic E-state index is -0.154. The number of nitrogens with zero attached hydrogens (tertiary/aromatic N) is 2. The van der Waals surface area contributed by atoms with E-state index in [1.165, 1.54) is 5.01 Å². The van der Waals surface area contributed by atoms with Gasteiger partial charge in [-0.15, -0.1) is 0 Å². The summed E-state index contributed by atoms with van der Waals surface area (Å²) in [5.74, 6) is -0.266. The molecule has 1 aliphatic heterocycles. The molecule has 1 fully saturated rings. The quantitative estimate of drug-likeness (QED) is 0.931. The SMILES string of the molecule is O=C(NC1CCCC1)C1=NN(c2ccc(Cl)cc2)C(=O)CC1. The molecule has 116 valence electrons. The summed E-state index contributed by atoms with van der Waals surface area (Å²) in [5.41, 5.74) is 1.04. The third-order valence-electron chi connectivity index (χ3n) is 4.06. The Morgan fingerprint density at radius 2 is 1.86 bits per heavy atom. The molecular weight excluding hydrogens is 302 g/mol. The molecular formula is C16H18ClN3O2. The van der Waals surface area contributed by atoms with E-state index < -0.39 is 0 Å². The van der Waals surface area contributed by atoms with Crippen molar-refractivity contribution >= 4 is 34.8 Å². The molecule has 0 spiro atoms. The number of hydrogen-bond acceptors (Lipinski definition) is 3. The second-order valence-corrected chi connectivity index (χ2v) is 6.12. The first-order valence-corrected chi connectivity index (χ1v) is 7.98. The largest absolute Gasteiger partial charge is 0.348 e. The number of benzene rings is 1.